The van der Waals surface area contributed by atoms with Gasteiger partial charge in [-0.3, -0.25) is 4.79 Å². The van der Waals surface area contributed by atoms with Gasteiger partial charge in [0.25, 0.3) is 5.91 Å². The Kier molecular flexibility index (Phi) is 5.11. The van der Waals surface area contributed by atoms with E-state index in [1.165, 1.54) is 0 Å². The Morgan fingerprint density at radius 3 is 2.79 bits per heavy atom. The standard InChI is InChI=1S/C18H19ClN2O3/c1-20-18(22)17-12-21(15-4-2-3-5-16(15)24-17)10-11-23-14-8-6-13(19)7-9-14/h2-9,17H,10-12H2,1H3,(H,20,22)/t17-/m0/s1. The van der Waals surface area contributed by atoms with Gasteiger partial charge in [-0.25, -0.2) is 0 Å². The molecule has 1 amide bonds. The van der Waals surface area contributed by atoms with Gasteiger partial charge in [0.15, 0.2) is 6.10 Å². The lowest BCUT2D eigenvalue weighted by Crippen LogP contribution is -2.49. The highest BCUT2D eigenvalue weighted by Gasteiger charge is 2.29. The Morgan fingerprint density at radius 2 is 2.04 bits per heavy atom. The maximum atomic E-state index is 11.9. The summed E-state index contributed by atoms with van der Waals surface area (Å²) in [5, 5.41) is 3.32. The second-order valence-corrected chi connectivity index (χ2v) is 5.87. The third-order valence-corrected chi connectivity index (χ3v) is 4.10. The summed E-state index contributed by atoms with van der Waals surface area (Å²) in [6.07, 6.45) is -0.527. The summed E-state index contributed by atoms with van der Waals surface area (Å²) in [5.74, 6) is 1.35. The first kappa shape index (κ1) is 16.5. The van der Waals surface area contributed by atoms with Gasteiger partial charge in [-0.15, -0.1) is 0 Å². The normalized spacial score (nSPS) is 16.1. The maximum absolute atomic E-state index is 11.9. The summed E-state index contributed by atoms with van der Waals surface area (Å²) in [6, 6.07) is 15.0. The molecule has 1 aliphatic rings. The number of anilines is 1. The Labute approximate surface area is 146 Å². The van der Waals surface area contributed by atoms with E-state index in [4.69, 9.17) is 21.1 Å². The molecule has 0 aliphatic carbocycles. The van der Waals surface area contributed by atoms with Gasteiger partial charge >= 0.3 is 0 Å². The van der Waals surface area contributed by atoms with E-state index in [-0.39, 0.29) is 5.91 Å². The zero-order valence-corrected chi connectivity index (χ0v) is 14.1. The fourth-order valence-corrected chi connectivity index (χ4v) is 2.75. The SMILES string of the molecule is CNC(=O)[C@@H]1CN(CCOc2ccc(Cl)cc2)c2ccccc2O1. The zero-order valence-electron chi connectivity index (χ0n) is 13.4. The molecule has 5 nitrogen and oxygen atoms in total. The minimum absolute atomic E-state index is 0.131. The summed E-state index contributed by atoms with van der Waals surface area (Å²) in [4.78, 5) is 14.0. The van der Waals surface area contributed by atoms with Gasteiger partial charge in [-0.05, 0) is 36.4 Å². The number of amides is 1. The Balaban J connectivity index is 1.66. The Bertz CT molecular complexity index is 706. The number of likely N-dealkylation sites (N-methyl/N-ethyl adjacent to an activating group) is 1. The molecule has 126 valence electrons. The van der Waals surface area contributed by atoms with Crippen LogP contribution in [0.15, 0.2) is 48.5 Å². The Hall–Kier alpha value is -2.40. The maximum Gasteiger partial charge on any atom is 0.262 e. The first-order chi connectivity index (χ1) is 11.7. The van der Waals surface area contributed by atoms with Crippen molar-refractivity contribution < 1.29 is 14.3 Å². The highest BCUT2D eigenvalue weighted by Crippen LogP contribution is 2.32. The lowest BCUT2D eigenvalue weighted by atomic mass is 10.2. The minimum Gasteiger partial charge on any atom is -0.492 e. The van der Waals surface area contributed by atoms with Crippen LogP contribution in [-0.4, -0.2) is 38.8 Å². The molecule has 0 unspecified atom stereocenters. The number of ether oxygens (including phenoxy) is 2. The molecule has 0 saturated heterocycles. The van der Waals surface area contributed by atoms with E-state index >= 15 is 0 Å². The first-order valence-corrected chi connectivity index (χ1v) is 8.16. The number of fused-ring (bicyclic) bond motifs is 1. The van der Waals surface area contributed by atoms with Crippen LogP contribution in [0.3, 0.4) is 0 Å². The topological polar surface area (TPSA) is 50.8 Å². The summed E-state index contributed by atoms with van der Waals surface area (Å²) in [6.45, 7) is 1.63. The molecule has 2 aromatic carbocycles. The van der Waals surface area contributed by atoms with Crippen molar-refractivity contribution >= 4 is 23.2 Å². The predicted octanol–water partition coefficient (Wildman–Crippen LogP) is 2.73. The van der Waals surface area contributed by atoms with Crippen LogP contribution in [0.4, 0.5) is 5.69 Å². The predicted molar refractivity (Wildman–Crippen MR) is 94.1 cm³/mol. The summed E-state index contributed by atoms with van der Waals surface area (Å²) >= 11 is 5.87. The fourth-order valence-electron chi connectivity index (χ4n) is 2.62. The van der Waals surface area contributed by atoms with Crippen LogP contribution in [0.25, 0.3) is 0 Å². The molecule has 0 radical (unpaired) electrons. The van der Waals surface area contributed by atoms with Crippen molar-refractivity contribution in [2.24, 2.45) is 0 Å². The van der Waals surface area contributed by atoms with Crippen molar-refractivity contribution in [3.05, 3.63) is 53.6 Å². The van der Waals surface area contributed by atoms with Gasteiger partial charge in [-0.1, -0.05) is 23.7 Å². The second-order valence-electron chi connectivity index (χ2n) is 5.44. The lowest BCUT2D eigenvalue weighted by molar-refractivity contribution is -0.127. The van der Waals surface area contributed by atoms with E-state index in [1.807, 2.05) is 36.4 Å². The van der Waals surface area contributed by atoms with Crippen LogP contribution in [0, 0.1) is 0 Å². The molecular weight excluding hydrogens is 328 g/mol. The largest absolute Gasteiger partial charge is 0.492 e. The number of rotatable bonds is 5. The smallest absolute Gasteiger partial charge is 0.262 e. The molecule has 1 atom stereocenters. The quantitative estimate of drug-likeness (QED) is 0.904. The van der Waals surface area contributed by atoms with Gasteiger partial charge in [-0.2, -0.15) is 0 Å². The third-order valence-electron chi connectivity index (χ3n) is 3.84. The highest BCUT2D eigenvalue weighted by molar-refractivity contribution is 6.30. The van der Waals surface area contributed by atoms with Crippen molar-refractivity contribution in [2.75, 3.05) is 31.6 Å². The number of nitrogens with one attached hydrogen (secondary N) is 1. The molecule has 0 bridgehead atoms. The Morgan fingerprint density at radius 1 is 1.29 bits per heavy atom. The van der Waals surface area contributed by atoms with E-state index < -0.39 is 6.10 Å². The average molecular weight is 347 g/mol. The number of para-hydroxylation sites is 2. The van der Waals surface area contributed by atoms with Crippen molar-refractivity contribution in [1.29, 1.82) is 0 Å². The number of nitrogens with zero attached hydrogens (tertiary/aromatic N) is 1. The van der Waals surface area contributed by atoms with E-state index in [9.17, 15) is 4.79 Å². The van der Waals surface area contributed by atoms with Crippen LogP contribution in [-0.2, 0) is 4.79 Å². The molecule has 24 heavy (non-hydrogen) atoms. The molecule has 1 aliphatic heterocycles. The van der Waals surface area contributed by atoms with Gasteiger partial charge in [0.2, 0.25) is 0 Å². The number of carbonyl (C=O) groups is 1. The van der Waals surface area contributed by atoms with E-state index in [2.05, 4.69) is 10.2 Å². The molecular formula is C18H19ClN2O3. The fraction of sp³-hybridized carbons (Fsp3) is 0.278. The number of hydrogen-bond acceptors (Lipinski definition) is 4. The van der Waals surface area contributed by atoms with Crippen LogP contribution >= 0.6 is 11.6 Å². The number of halogens is 1. The summed E-state index contributed by atoms with van der Waals surface area (Å²) in [5.41, 5.74) is 0.970. The summed E-state index contributed by atoms with van der Waals surface area (Å²) < 4.78 is 11.5. The first-order valence-electron chi connectivity index (χ1n) is 7.78. The van der Waals surface area contributed by atoms with Crippen molar-refractivity contribution in [1.82, 2.24) is 5.32 Å². The van der Waals surface area contributed by atoms with Gasteiger partial charge in [0, 0.05) is 12.1 Å². The van der Waals surface area contributed by atoms with E-state index in [0.717, 1.165) is 11.4 Å². The van der Waals surface area contributed by atoms with Crippen molar-refractivity contribution in [2.45, 2.75) is 6.10 Å². The third kappa shape index (κ3) is 3.74. The molecule has 2 aromatic rings. The average Bonchev–Trinajstić information content (AvgIpc) is 2.62. The van der Waals surface area contributed by atoms with Crippen LogP contribution < -0.4 is 19.7 Å². The van der Waals surface area contributed by atoms with Crippen LogP contribution in [0.2, 0.25) is 5.02 Å². The van der Waals surface area contributed by atoms with E-state index in [1.54, 1.807) is 19.2 Å². The van der Waals surface area contributed by atoms with Crippen LogP contribution in [0.5, 0.6) is 11.5 Å². The lowest BCUT2D eigenvalue weighted by Gasteiger charge is -2.35. The molecule has 0 aromatic heterocycles. The minimum atomic E-state index is -0.527. The van der Waals surface area contributed by atoms with Crippen molar-refractivity contribution in [3.8, 4) is 11.5 Å². The summed E-state index contributed by atoms with van der Waals surface area (Å²) in [7, 11) is 1.61. The molecule has 0 fully saturated rings. The van der Waals surface area contributed by atoms with Gasteiger partial charge in [0.05, 0.1) is 18.8 Å². The zero-order chi connectivity index (χ0) is 16.9. The monoisotopic (exact) mass is 346 g/mol. The van der Waals surface area contributed by atoms with E-state index in [0.29, 0.717) is 30.5 Å². The molecule has 0 saturated carbocycles. The number of hydrogen-bond donors (Lipinski definition) is 1. The molecule has 0 spiro atoms. The second kappa shape index (κ2) is 7.45. The number of carbonyl (C=O) groups excluding carboxylic acids is 1. The highest BCUT2D eigenvalue weighted by atomic mass is 35.5. The molecule has 3 rings (SSSR count). The number of benzene rings is 2. The van der Waals surface area contributed by atoms with Crippen molar-refractivity contribution in [3.63, 3.8) is 0 Å². The molecule has 1 N–H and O–H groups in total. The molecule has 6 heteroatoms. The van der Waals surface area contributed by atoms with Gasteiger partial charge in [0.1, 0.15) is 18.1 Å². The van der Waals surface area contributed by atoms with Gasteiger partial charge < -0.3 is 19.7 Å². The van der Waals surface area contributed by atoms with Crippen LogP contribution in [0.1, 0.15) is 0 Å². The molecule has 1 heterocycles.